The molecule has 0 fully saturated rings. The molecule has 0 aliphatic rings. The smallest absolute Gasteiger partial charge is 0.0839 e. The summed E-state index contributed by atoms with van der Waals surface area (Å²) in [7, 11) is 0. The second-order valence-corrected chi connectivity index (χ2v) is 6.89. The first kappa shape index (κ1) is 16.9. The summed E-state index contributed by atoms with van der Waals surface area (Å²) in [5.41, 5.74) is 5.32. The largest absolute Gasteiger partial charge is 0.232 e. The number of aromatic nitrogens is 2. The zero-order valence-corrected chi connectivity index (χ0v) is 15.5. The Bertz CT molecular complexity index is 1040. The molecule has 4 aromatic rings. The quantitative estimate of drug-likeness (QED) is 0.399. The molecule has 3 aromatic carbocycles. The fraction of sp³-hybridized carbons (Fsp3) is 0.0455. The third-order valence-electron chi connectivity index (χ3n) is 4.30. The molecule has 4 heteroatoms. The lowest BCUT2D eigenvalue weighted by Gasteiger charge is -2.14. The van der Waals surface area contributed by atoms with Crippen LogP contribution in [0.4, 0.5) is 0 Å². The van der Waals surface area contributed by atoms with Crippen molar-refractivity contribution in [1.82, 2.24) is 9.78 Å². The van der Waals surface area contributed by atoms with Gasteiger partial charge < -0.3 is 0 Å². The van der Waals surface area contributed by atoms with Crippen LogP contribution < -0.4 is 0 Å². The highest BCUT2D eigenvalue weighted by atomic mass is 35.5. The normalized spacial score (nSPS) is 10.8. The molecule has 26 heavy (non-hydrogen) atoms. The van der Waals surface area contributed by atoms with E-state index in [0.29, 0.717) is 5.02 Å². The number of rotatable bonds is 4. The Labute approximate surface area is 162 Å². The van der Waals surface area contributed by atoms with Crippen LogP contribution in [0.1, 0.15) is 11.1 Å². The molecule has 0 unspecified atom stereocenters. The molecule has 0 bridgehead atoms. The topological polar surface area (TPSA) is 17.8 Å². The molecule has 0 aliphatic heterocycles. The van der Waals surface area contributed by atoms with E-state index in [4.69, 9.17) is 23.2 Å². The number of halogens is 2. The van der Waals surface area contributed by atoms with Gasteiger partial charge in [-0.1, -0.05) is 71.7 Å². The number of hydrogen-bond donors (Lipinski definition) is 0. The van der Waals surface area contributed by atoms with Gasteiger partial charge in [-0.3, -0.25) is 0 Å². The SMILES string of the molecule is Clc1ccc(-c2ccnn2-c2ccccc2Cl)c(Cc2ccccc2)c1. The predicted octanol–water partition coefficient (Wildman–Crippen LogP) is 6.44. The monoisotopic (exact) mass is 378 g/mol. The van der Waals surface area contributed by atoms with Crippen LogP contribution in [0, 0.1) is 0 Å². The van der Waals surface area contributed by atoms with Crippen LogP contribution in [0.5, 0.6) is 0 Å². The van der Waals surface area contributed by atoms with Crippen LogP contribution >= 0.6 is 23.2 Å². The van der Waals surface area contributed by atoms with Gasteiger partial charge in [-0.25, -0.2) is 4.68 Å². The molecule has 0 N–H and O–H groups in total. The lowest BCUT2D eigenvalue weighted by atomic mass is 9.97. The van der Waals surface area contributed by atoms with Crippen molar-refractivity contribution in [2.24, 2.45) is 0 Å². The van der Waals surface area contributed by atoms with E-state index in [-0.39, 0.29) is 0 Å². The van der Waals surface area contributed by atoms with Crippen molar-refractivity contribution >= 4 is 23.2 Å². The lowest BCUT2D eigenvalue weighted by Crippen LogP contribution is -2.02. The Kier molecular flexibility index (Phi) is 4.79. The lowest BCUT2D eigenvalue weighted by molar-refractivity contribution is 0.886. The Balaban J connectivity index is 1.83. The minimum Gasteiger partial charge on any atom is -0.232 e. The van der Waals surface area contributed by atoms with Crippen LogP contribution in [0.2, 0.25) is 10.0 Å². The third-order valence-corrected chi connectivity index (χ3v) is 4.86. The minimum atomic E-state index is 0.663. The molecule has 0 saturated carbocycles. The van der Waals surface area contributed by atoms with Gasteiger partial charge >= 0.3 is 0 Å². The van der Waals surface area contributed by atoms with Crippen LogP contribution in [-0.2, 0) is 6.42 Å². The van der Waals surface area contributed by atoms with Crippen molar-refractivity contribution in [3.63, 3.8) is 0 Å². The van der Waals surface area contributed by atoms with Crippen molar-refractivity contribution in [3.8, 4) is 16.9 Å². The molecule has 2 nitrogen and oxygen atoms in total. The van der Waals surface area contributed by atoms with E-state index in [1.165, 1.54) is 5.56 Å². The van der Waals surface area contributed by atoms with Crippen molar-refractivity contribution in [2.75, 3.05) is 0 Å². The average Bonchev–Trinajstić information content (AvgIpc) is 3.12. The maximum absolute atomic E-state index is 6.39. The summed E-state index contributed by atoms with van der Waals surface area (Å²) < 4.78 is 1.88. The number of para-hydroxylation sites is 1. The highest BCUT2D eigenvalue weighted by Gasteiger charge is 2.14. The Hall–Kier alpha value is -2.55. The molecule has 0 aliphatic carbocycles. The van der Waals surface area contributed by atoms with Gasteiger partial charge in [0.2, 0.25) is 0 Å². The Morgan fingerprint density at radius 3 is 2.38 bits per heavy atom. The fourth-order valence-electron chi connectivity index (χ4n) is 3.10. The molecule has 0 amide bonds. The van der Waals surface area contributed by atoms with Gasteiger partial charge in [0, 0.05) is 10.6 Å². The van der Waals surface area contributed by atoms with E-state index >= 15 is 0 Å². The van der Waals surface area contributed by atoms with Gasteiger partial charge in [-0.15, -0.1) is 0 Å². The summed E-state index contributed by atoms with van der Waals surface area (Å²) in [4.78, 5) is 0. The van der Waals surface area contributed by atoms with E-state index in [1.54, 1.807) is 6.20 Å². The second kappa shape index (κ2) is 7.36. The summed E-state index contributed by atoms with van der Waals surface area (Å²) >= 11 is 12.7. The maximum atomic E-state index is 6.39. The summed E-state index contributed by atoms with van der Waals surface area (Å²) in [6.45, 7) is 0. The van der Waals surface area contributed by atoms with Gasteiger partial charge in [-0.05, 0) is 47.9 Å². The fourth-order valence-corrected chi connectivity index (χ4v) is 3.51. The van der Waals surface area contributed by atoms with Crippen LogP contribution in [0.15, 0.2) is 85.1 Å². The van der Waals surface area contributed by atoms with Crippen molar-refractivity contribution < 1.29 is 0 Å². The zero-order chi connectivity index (χ0) is 17.9. The van der Waals surface area contributed by atoms with E-state index in [9.17, 15) is 0 Å². The number of hydrogen-bond acceptors (Lipinski definition) is 1. The highest BCUT2D eigenvalue weighted by molar-refractivity contribution is 6.32. The van der Waals surface area contributed by atoms with Crippen molar-refractivity contribution in [3.05, 3.63) is 106 Å². The van der Waals surface area contributed by atoms with Gasteiger partial charge in [0.25, 0.3) is 0 Å². The van der Waals surface area contributed by atoms with Gasteiger partial charge in [0.05, 0.1) is 22.6 Å². The van der Waals surface area contributed by atoms with Crippen molar-refractivity contribution in [2.45, 2.75) is 6.42 Å². The first-order chi connectivity index (χ1) is 12.7. The van der Waals surface area contributed by atoms with E-state index in [2.05, 4.69) is 17.2 Å². The second-order valence-electron chi connectivity index (χ2n) is 6.04. The van der Waals surface area contributed by atoms with E-state index < -0.39 is 0 Å². The number of nitrogens with zero attached hydrogens (tertiary/aromatic N) is 2. The highest BCUT2D eigenvalue weighted by Crippen LogP contribution is 2.31. The Morgan fingerprint density at radius 2 is 1.58 bits per heavy atom. The van der Waals surface area contributed by atoms with Gasteiger partial charge in [0.1, 0.15) is 0 Å². The standard InChI is InChI=1S/C22H16Cl2N2/c23-18-10-11-19(17(15-18)14-16-6-2-1-3-7-16)21-12-13-25-26(21)22-9-5-4-8-20(22)24/h1-13,15H,14H2. The maximum Gasteiger partial charge on any atom is 0.0839 e. The minimum absolute atomic E-state index is 0.663. The van der Waals surface area contributed by atoms with Crippen molar-refractivity contribution in [1.29, 1.82) is 0 Å². The number of benzene rings is 3. The summed E-state index contributed by atoms with van der Waals surface area (Å²) in [5, 5.41) is 5.88. The first-order valence-electron chi connectivity index (χ1n) is 8.34. The summed E-state index contributed by atoms with van der Waals surface area (Å²) in [5.74, 6) is 0. The first-order valence-corrected chi connectivity index (χ1v) is 9.09. The molecule has 128 valence electrons. The van der Waals surface area contributed by atoms with Crippen LogP contribution in [0.25, 0.3) is 16.9 Å². The molecule has 0 spiro atoms. The van der Waals surface area contributed by atoms with Crippen LogP contribution in [0.3, 0.4) is 0 Å². The predicted molar refractivity (Wildman–Crippen MR) is 108 cm³/mol. The van der Waals surface area contributed by atoms with E-state index in [1.807, 2.05) is 71.4 Å². The molecule has 1 aromatic heterocycles. The molecule has 0 radical (unpaired) electrons. The summed E-state index contributed by atoms with van der Waals surface area (Å²) in [6.07, 6.45) is 2.59. The summed E-state index contributed by atoms with van der Waals surface area (Å²) in [6, 6.07) is 26.1. The third kappa shape index (κ3) is 3.39. The molecular formula is C22H16Cl2N2. The van der Waals surface area contributed by atoms with Crippen LogP contribution in [-0.4, -0.2) is 9.78 Å². The van der Waals surface area contributed by atoms with Gasteiger partial charge in [0.15, 0.2) is 0 Å². The van der Waals surface area contributed by atoms with Gasteiger partial charge in [-0.2, -0.15) is 5.10 Å². The average molecular weight is 379 g/mol. The molecule has 0 saturated heterocycles. The zero-order valence-electron chi connectivity index (χ0n) is 13.9. The molecular weight excluding hydrogens is 363 g/mol. The Morgan fingerprint density at radius 1 is 0.808 bits per heavy atom. The van der Waals surface area contributed by atoms with E-state index in [0.717, 1.165) is 34.0 Å². The molecule has 1 heterocycles. The molecule has 4 rings (SSSR count). The molecule has 0 atom stereocenters.